The summed E-state index contributed by atoms with van der Waals surface area (Å²) in [5.41, 5.74) is 0.664. The number of aliphatic hydroxyl groups is 6. The van der Waals surface area contributed by atoms with Crippen LogP contribution in [0.3, 0.4) is 0 Å². The zero-order valence-corrected chi connectivity index (χ0v) is 13.2. The van der Waals surface area contributed by atoms with E-state index in [4.69, 9.17) is 5.11 Å². The van der Waals surface area contributed by atoms with Gasteiger partial charge in [0.05, 0.1) is 6.61 Å². The molecular formula is C16H27NO6. The van der Waals surface area contributed by atoms with Crippen LogP contribution in [0.1, 0.15) is 19.8 Å². The molecule has 6 N–H and O–H groups in total. The molecule has 0 radical (unpaired) electrons. The Morgan fingerprint density at radius 3 is 2.04 bits per heavy atom. The van der Waals surface area contributed by atoms with E-state index in [1.807, 2.05) is 13.0 Å². The first-order chi connectivity index (χ1) is 10.9. The number of nitrogens with zero attached hydrogens (tertiary/aromatic N) is 1. The Bertz CT molecular complexity index is 432. The normalized spacial score (nSPS) is 18.0. The molecule has 7 heteroatoms. The maximum Gasteiger partial charge on any atom is 0.155 e. The summed E-state index contributed by atoms with van der Waals surface area (Å²) in [5.74, 6) is 0. The molecule has 1 unspecified atom stereocenters. The maximum atomic E-state index is 10.4. The highest BCUT2D eigenvalue weighted by Gasteiger charge is 2.36. The average molecular weight is 329 g/mol. The van der Waals surface area contributed by atoms with Crippen molar-refractivity contribution in [2.75, 3.05) is 18.1 Å². The van der Waals surface area contributed by atoms with Crippen molar-refractivity contribution >= 4 is 5.69 Å². The Hall–Kier alpha value is -1.22. The molecule has 23 heavy (non-hydrogen) atoms. The van der Waals surface area contributed by atoms with Crippen molar-refractivity contribution in [1.82, 2.24) is 0 Å². The third kappa shape index (κ3) is 5.42. The van der Waals surface area contributed by atoms with Gasteiger partial charge in [0.2, 0.25) is 0 Å². The molecule has 0 fully saturated rings. The van der Waals surface area contributed by atoms with Crippen molar-refractivity contribution in [2.45, 2.75) is 50.4 Å². The minimum atomic E-state index is -1.81. The summed E-state index contributed by atoms with van der Waals surface area (Å²) in [6.45, 7) is 1.67. The largest absolute Gasteiger partial charge is 0.394 e. The van der Waals surface area contributed by atoms with Crippen LogP contribution >= 0.6 is 0 Å². The van der Waals surface area contributed by atoms with Gasteiger partial charge >= 0.3 is 0 Å². The Kier molecular flexibility index (Phi) is 8.46. The number of anilines is 1. The van der Waals surface area contributed by atoms with E-state index in [0.29, 0.717) is 12.2 Å². The number of benzene rings is 1. The fourth-order valence-corrected chi connectivity index (χ4v) is 2.26. The molecule has 5 atom stereocenters. The molecule has 0 aromatic heterocycles. The topological polar surface area (TPSA) is 125 Å². The summed E-state index contributed by atoms with van der Waals surface area (Å²) in [4.78, 5) is 1.52. The Balaban J connectivity index is 2.88. The number of rotatable bonds is 10. The smallest absolute Gasteiger partial charge is 0.155 e. The summed E-state index contributed by atoms with van der Waals surface area (Å²) in [7, 11) is 0. The lowest BCUT2D eigenvalue weighted by Gasteiger charge is -2.36. The fourth-order valence-electron chi connectivity index (χ4n) is 2.26. The van der Waals surface area contributed by atoms with Crippen molar-refractivity contribution in [3.63, 3.8) is 0 Å². The molecular weight excluding hydrogens is 302 g/mol. The molecule has 0 aliphatic rings. The number of hydrogen-bond acceptors (Lipinski definition) is 7. The second-order valence-corrected chi connectivity index (χ2v) is 5.52. The summed E-state index contributed by atoms with van der Waals surface area (Å²) >= 11 is 0. The highest BCUT2D eigenvalue weighted by atomic mass is 16.4. The summed E-state index contributed by atoms with van der Waals surface area (Å²) < 4.78 is 0. The van der Waals surface area contributed by atoms with Crippen molar-refractivity contribution in [1.29, 1.82) is 0 Å². The fraction of sp³-hybridized carbons (Fsp3) is 0.625. The third-order valence-electron chi connectivity index (χ3n) is 3.75. The maximum absolute atomic E-state index is 10.4. The standard InChI is InChI=1S/C16H27NO6/c1-2-3-9-17(11-7-5-4-6-8-11)16(23)15(22)14(21)13(20)12(19)10-18/h4-8,12-16,18-23H,2-3,9-10H2,1H3/t12-,13-,14+,15-,16?/m0/s1. The molecule has 1 rings (SSSR count). The molecule has 7 nitrogen and oxygen atoms in total. The first kappa shape index (κ1) is 19.8. The minimum absolute atomic E-state index is 0.449. The molecule has 0 heterocycles. The Labute approximate surface area is 136 Å². The average Bonchev–Trinajstić information content (AvgIpc) is 2.60. The van der Waals surface area contributed by atoms with Crippen LogP contribution in [-0.2, 0) is 0 Å². The van der Waals surface area contributed by atoms with Gasteiger partial charge in [-0.1, -0.05) is 31.5 Å². The predicted molar refractivity (Wildman–Crippen MR) is 85.8 cm³/mol. The van der Waals surface area contributed by atoms with Crippen molar-refractivity contribution in [3.8, 4) is 0 Å². The lowest BCUT2D eigenvalue weighted by Crippen LogP contribution is -2.55. The third-order valence-corrected chi connectivity index (χ3v) is 3.75. The van der Waals surface area contributed by atoms with Gasteiger partial charge in [-0.3, -0.25) is 0 Å². The number of hydrogen-bond donors (Lipinski definition) is 6. The van der Waals surface area contributed by atoms with Gasteiger partial charge in [0.25, 0.3) is 0 Å². The molecule has 132 valence electrons. The van der Waals surface area contributed by atoms with E-state index in [-0.39, 0.29) is 0 Å². The Morgan fingerprint density at radius 1 is 0.913 bits per heavy atom. The van der Waals surface area contributed by atoms with Gasteiger partial charge in [0.15, 0.2) is 6.23 Å². The van der Waals surface area contributed by atoms with Crippen LogP contribution in [0, 0.1) is 0 Å². The van der Waals surface area contributed by atoms with Crippen LogP contribution in [0.2, 0.25) is 0 Å². The van der Waals surface area contributed by atoms with Crippen LogP contribution in [0.25, 0.3) is 0 Å². The van der Waals surface area contributed by atoms with E-state index in [2.05, 4.69) is 0 Å². The number of unbranched alkanes of at least 4 members (excludes halogenated alkanes) is 1. The van der Waals surface area contributed by atoms with Gasteiger partial charge in [0.1, 0.15) is 24.4 Å². The molecule has 1 aromatic carbocycles. The second kappa shape index (κ2) is 9.82. The van der Waals surface area contributed by atoms with Gasteiger partial charge in [-0.2, -0.15) is 0 Å². The van der Waals surface area contributed by atoms with Crippen molar-refractivity contribution in [2.24, 2.45) is 0 Å². The van der Waals surface area contributed by atoms with Crippen LogP contribution in [-0.4, -0.2) is 74.4 Å². The lowest BCUT2D eigenvalue weighted by atomic mass is 10.0. The number of aliphatic hydroxyl groups excluding tert-OH is 6. The SMILES string of the molecule is CCCCN(c1ccccc1)C(O)[C@@H](O)[C@H](O)[C@@H](O)[C@@H](O)CO. The zero-order chi connectivity index (χ0) is 17.4. The zero-order valence-electron chi connectivity index (χ0n) is 13.2. The molecule has 1 aromatic rings. The molecule has 0 amide bonds. The first-order valence-corrected chi connectivity index (χ1v) is 7.76. The van der Waals surface area contributed by atoms with Gasteiger partial charge in [0, 0.05) is 12.2 Å². The molecule has 0 spiro atoms. The molecule has 0 saturated carbocycles. The molecule has 0 bridgehead atoms. The van der Waals surface area contributed by atoms with Crippen molar-refractivity contribution < 1.29 is 30.6 Å². The minimum Gasteiger partial charge on any atom is -0.394 e. The monoisotopic (exact) mass is 329 g/mol. The second-order valence-electron chi connectivity index (χ2n) is 5.52. The molecule has 0 saturated heterocycles. The van der Waals surface area contributed by atoms with Crippen LogP contribution in [0.5, 0.6) is 0 Å². The van der Waals surface area contributed by atoms with Gasteiger partial charge in [-0.25, -0.2) is 0 Å². The van der Waals surface area contributed by atoms with Gasteiger partial charge in [-0.05, 0) is 18.6 Å². The first-order valence-electron chi connectivity index (χ1n) is 7.76. The lowest BCUT2D eigenvalue weighted by molar-refractivity contribution is -0.140. The highest BCUT2D eigenvalue weighted by Crippen LogP contribution is 2.20. The molecule has 0 aliphatic carbocycles. The Morgan fingerprint density at radius 2 is 1.52 bits per heavy atom. The van der Waals surface area contributed by atoms with E-state index < -0.39 is 37.3 Å². The van der Waals surface area contributed by atoms with E-state index in [0.717, 1.165) is 12.8 Å². The van der Waals surface area contributed by atoms with Crippen LogP contribution in [0.15, 0.2) is 30.3 Å². The van der Waals surface area contributed by atoms with Gasteiger partial charge in [-0.15, -0.1) is 0 Å². The predicted octanol–water partition coefficient (Wildman–Crippen LogP) is -0.953. The van der Waals surface area contributed by atoms with Crippen LogP contribution in [0.4, 0.5) is 5.69 Å². The quantitative estimate of drug-likeness (QED) is 0.306. The van der Waals surface area contributed by atoms with E-state index in [1.54, 1.807) is 24.3 Å². The van der Waals surface area contributed by atoms with E-state index in [1.165, 1.54) is 4.90 Å². The van der Waals surface area contributed by atoms with E-state index >= 15 is 0 Å². The van der Waals surface area contributed by atoms with Crippen molar-refractivity contribution in [3.05, 3.63) is 30.3 Å². The number of para-hydroxylation sites is 1. The van der Waals surface area contributed by atoms with E-state index in [9.17, 15) is 25.5 Å². The summed E-state index contributed by atoms with van der Waals surface area (Å²) in [5, 5.41) is 58.3. The summed E-state index contributed by atoms with van der Waals surface area (Å²) in [6, 6.07) is 8.91. The highest BCUT2D eigenvalue weighted by molar-refractivity contribution is 5.46. The van der Waals surface area contributed by atoms with Gasteiger partial charge < -0.3 is 35.5 Å². The van der Waals surface area contributed by atoms with Crippen LogP contribution < -0.4 is 4.90 Å². The molecule has 0 aliphatic heterocycles. The summed E-state index contributed by atoms with van der Waals surface area (Å²) in [6.07, 6.45) is -6.74.